The van der Waals surface area contributed by atoms with E-state index in [4.69, 9.17) is 9.47 Å². The molecule has 94 valence electrons. The number of nitrogens with one attached hydrogen (secondary N) is 1. The fraction of sp³-hybridized carbons (Fsp3) is 0.538. The van der Waals surface area contributed by atoms with Crippen molar-refractivity contribution in [3.8, 4) is 5.75 Å². The molecule has 4 nitrogen and oxygen atoms in total. The largest absolute Gasteiger partial charge is 0.497 e. The van der Waals surface area contributed by atoms with E-state index in [1.165, 1.54) is 0 Å². The van der Waals surface area contributed by atoms with Crippen LogP contribution in [0, 0.1) is 0 Å². The van der Waals surface area contributed by atoms with Crippen LogP contribution in [0.5, 0.6) is 5.75 Å². The molecule has 1 unspecified atom stereocenters. The van der Waals surface area contributed by atoms with E-state index in [1.807, 2.05) is 24.3 Å². The van der Waals surface area contributed by atoms with Crippen LogP contribution in [0.1, 0.15) is 12.0 Å². The van der Waals surface area contributed by atoms with Gasteiger partial charge in [0, 0.05) is 26.1 Å². The molecule has 0 bridgehead atoms. The highest BCUT2D eigenvalue weighted by Crippen LogP contribution is 2.17. The molecule has 4 heteroatoms. The molecule has 1 aliphatic heterocycles. The molecule has 17 heavy (non-hydrogen) atoms. The van der Waals surface area contributed by atoms with E-state index in [0.717, 1.165) is 17.9 Å². The van der Waals surface area contributed by atoms with Crippen LogP contribution in [0.3, 0.4) is 0 Å². The van der Waals surface area contributed by atoms with Crippen molar-refractivity contribution >= 4 is 0 Å². The van der Waals surface area contributed by atoms with E-state index in [9.17, 15) is 5.11 Å². The first kappa shape index (κ1) is 12.4. The quantitative estimate of drug-likeness (QED) is 0.800. The molecule has 1 heterocycles. The molecule has 0 aromatic heterocycles. The summed E-state index contributed by atoms with van der Waals surface area (Å²) in [6.45, 7) is 2.36. The molecule has 1 saturated heterocycles. The number of methoxy groups -OCH3 is 1. The van der Waals surface area contributed by atoms with Gasteiger partial charge in [0.15, 0.2) is 0 Å². The van der Waals surface area contributed by atoms with Gasteiger partial charge >= 0.3 is 0 Å². The van der Waals surface area contributed by atoms with E-state index >= 15 is 0 Å². The summed E-state index contributed by atoms with van der Waals surface area (Å²) < 4.78 is 10.3. The highest BCUT2D eigenvalue weighted by atomic mass is 16.5. The van der Waals surface area contributed by atoms with Gasteiger partial charge in [0.25, 0.3) is 0 Å². The molecular formula is C13H19NO3. The van der Waals surface area contributed by atoms with Crippen molar-refractivity contribution in [1.29, 1.82) is 0 Å². The Balaban J connectivity index is 1.81. The van der Waals surface area contributed by atoms with Crippen LogP contribution in [0.2, 0.25) is 0 Å². The van der Waals surface area contributed by atoms with Gasteiger partial charge < -0.3 is 19.9 Å². The average molecular weight is 237 g/mol. The van der Waals surface area contributed by atoms with Gasteiger partial charge in [-0.15, -0.1) is 0 Å². The van der Waals surface area contributed by atoms with E-state index < -0.39 is 5.60 Å². The third kappa shape index (κ3) is 3.43. The average Bonchev–Trinajstić information content (AvgIpc) is 2.77. The summed E-state index contributed by atoms with van der Waals surface area (Å²) in [4.78, 5) is 0. The van der Waals surface area contributed by atoms with Crippen molar-refractivity contribution in [2.24, 2.45) is 0 Å². The van der Waals surface area contributed by atoms with Crippen molar-refractivity contribution in [2.75, 3.05) is 26.9 Å². The van der Waals surface area contributed by atoms with Gasteiger partial charge in [0.2, 0.25) is 0 Å². The number of ether oxygens (including phenoxy) is 2. The smallest absolute Gasteiger partial charge is 0.119 e. The van der Waals surface area contributed by atoms with Crippen LogP contribution < -0.4 is 10.1 Å². The lowest BCUT2D eigenvalue weighted by molar-refractivity contribution is 0.0268. The second kappa shape index (κ2) is 5.49. The Labute approximate surface area is 102 Å². The van der Waals surface area contributed by atoms with Gasteiger partial charge in [0.05, 0.1) is 13.7 Å². The summed E-state index contributed by atoms with van der Waals surface area (Å²) in [7, 11) is 1.66. The Kier molecular flexibility index (Phi) is 3.99. The molecule has 0 aliphatic carbocycles. The van der Waals surface area contributed by atoms with Gasteiger partial charge in [-0.3, -0.25) is 0 Å². The van der Waals surface area contributed by atoms with Gasteiger partial charge in [-0.1, -0.05) is 12.1 Å². The Morgan fingerprint density at radius 2 is 2.41 bits per heavy atom. The molecular weight excluding hydrogens is 218 g/mol. The van der Waals surface area contributed by atoms with Crippen LogP contribution in [0.25, 0.3) is 0 Å². The van der Waals surface area contributed by atoms with Crippen LogP contribution in [0.15, 0.2) is 24.3 Å². The Morgan fingerprint density at radius 3 is 3.12 bits per heavy atom. The van der Waals surface area contributed by atoms with Gasteiger partial charge in [-0.2, -0.15) is 0 Å². The summed E-state index contributed by atoms with van der Waals surface area (Å²) in [6.07, 6.45) is 0.706. The maximum atomic E-state index is 10.1. The van der Waals surface area contributed by atoms with Crippen LogP contribution >= 0.6 is 0 Å². The standard InChI is InChI=1S/C13H19NO3/c1-16-12-4-2-3-11(7-12)8-14-9-13(15)5-6-17-10-13/h2-4,7,14-15H,5-6,8-10H2,1H3. The first-order valence-corrected chi connectivity index (χ1v) is 5.86. The van der Waals surface area contributed by atoms with Gasteiger partial charge in [-0.25, -0.2) is 0 Å². The van der Waals surface area contributed by atoms with Crippen molar-refractivity contribution in [3.63, 3.8) is 0 Å². The summed E-state index contributed by atoms with van der Waals surface area (Å²) in [6, 6.07) is 7.90. The molecule has 2 N–H and O–H groups in total. The van der Waals surface area contributed by atoms with Crippen molar-refractivity contribution in [1.82, 2.24) is 5.32 Å². The second-order valence-corrected chi connectivity index (χ2v) is 4.48. The summed E-state index contributed by atoms with van der Waals surface area (Å²) in [5, 5.41) is 13.3. The first-order valence-electron chi connectivity index (χ1n) is 5.86. The SMILES string of the molecule is COc1cccc(CNCC2(O)CCOC2)c1. The minimum atomic E-state index is -0.696. The van der Waals surface area contributed by atoms with E-state index in [0.29, 0.717) is 26.2 Å². The summed E-state index contributed by atoms with van der Waals surface area (Å²) in [5.74, 6) is 0.854. The number of rotatable bonds is 5. The normalized spacial score (nSPS) is 23.9. The molecule has 1 atom stereocenters. The molecule has 0 amide bonds. The van der Waals surface area contributed by atoms with E-state index in [2.05, 4.69) is 5.32 Å². The zero-order valence-electron chi connectivity index (χ0n) is 10.1. The molecule has 0 radical (unpaired) electrons. The molecule has 1 fully saturated rings. The van der Waals surface area contributed by atoms with E-state index in [-0.39, 0.29) is 0 Å². The highest BCUT2D eigenvalue weighted by molar-refractivity contribution is 5.28. The zero-order chi connectivity index (χ0) is 12.1. The Bertz CT molecular complexity index is 361. The number of hydrogen-bond donors (Lipinski definition) is 2. The lowest BCUT2D eigenvalue weighted by atomic mass is 10.0. The van der Waals surface area contributed by atoms with E-state index in [1.54, 1.807) is 7.11 Å². The van der Waals surface area contributed by atoms with Crippen LogP contribution in [-0.4, -0.2) is 37.6 Å². The second-order valence-electron chi connectivity index (χ2n) is 4.48. The maximum absolute atomic E-state index is 10.1. The maximum Gasteiger partial charge on any atom is 0.119 e. The Morgan fingerprint density at radius 1 is 1.53 bits per heavy atom. The predicted molar refractivity (Wildman–Crippen MR) is 65.1 cm³/mol. The highest BCUT2D eigenvalue weighted by Gasteiger charge is 2.31. The van der Waals surface area contributed by atoms with Gasteiger partial charge in [0.1, 0.15) is 11.4 Å². The summed E-state index contributed by atoms with van der Waals surface area (Å²) in [5.41, 5.74) is 0.450. The molecule has 1 aromatic rings. The molecule has 0 spiro atoms. The minimum absolute atomic E-state index is 0.429. The predicted octanol–water partition coefficient (Wildman–Crippen LogP) is 0.936. The monoisotopic (exact) mass is 237 g/mol. The fourth-order valence-electron chi connectivity index (χ4n) is 1.96. The minimum Gasteiger partial charge on any atom is -0.497 e. The molecule has 1 aromatic carbocycles. The number of hydrogen-bond acceptors (Lipinski definition) is 4. The van der Waals surface area contributed by atoms with Crippen molar-refractivity contribution in [3.05, 3.63) is 29.8 Å². The first-order chi connectivity index (χ1) is 8.22. The lowest BCUT2D eigenvalue weighted by Crippen LogP contribution is -2.40. The molecule has 1 aliphatic rings. The third-order valence-electron chi connectivity index (χ3n) is 3.00. The van der Waals surface area contributed by atoms with Gasteiger partial charge in [-0.05, 0) is 17.7 Å². The summed E-state index contributed by atoms with van der Waals surface area (Å²) >= 11 is 0. The van der Waals surface area contributed by atoms with Crippen LogP contribution in [0.4, 0.5) is 0 Å². The van der Waals surface area contributed by atoms with Crippen molar-refractivity contribution in [2.45, 2.75) is 18.6 Å². The number of benzene rings is 1. The number of aliphatic hydroxyl groups is 1. The van der Waals surface area contributed by atoms with Crippen molar-refractivity contribution < 1.29 is 14.6 Å². The van der Waals surface area contributed by atoms with Crippen LogP contribution in [-0.2, 0) is 11.3 Å². The fourth-order valence-corrected chi connectivity index (χ4v) is 1.96. The lowest BCUT2D eigenvalue weighted by Gasteiger charge is -2.20. The Hall–Kier alpha value is -1.10. The zero-order valence-corrected chi connectivity index (χ0v) is 10.1. The molecule has 0 saturated carbocycles. The molecule has 2 rings (SSSR count). The third-order valence-corrected chi connectivity index (χ3v) is 3.00. The topological polar surface area (TPSA) is 50.7 Å².